The van der Waals surface area contributed by atoms with E-state index in [1.807, 2.05) is 30.3 Å². The van der Waals surface area contributed by atoms with Crippen molar-refractivity contribution in [3.05, 3.63) is 47.1 Å². The van der Waals surface area contributed by atoms with E-state index in [9.17, 15) is 4.79 Å². The molecule has 0 aromatic heterocycles. The molecule has 0 unspecified atom stereocenters. The van der Waals surface area contributed by atoms with Gasteiger partial charge in [0.2, 0.25) is 0 Å². The van der Waals surface area contributed by atoms with Crippen molar-refractivity contribution in [2.24, 2.45) is 0 Å². The molecule has 18 heavy (non-hydrogen) atoms. The Morgan fingerprint density at radius 3 is 2.78 bits per heavy atom. The average molecular weight is 279 g/mol. The molecule has 1 aliphatic heterocycles. The zero-order chi connectivity index (χ0) is 13.0. The number of carbonyl (C=O) groups excluding carboxylic acids is 1. The zero-order valence-corrected chi connectivity index (χ0v) is 11.6. The minimum atomic E-state index is -0.0669. The van der Waals surface area contributed by atoms with E-state index >= 15 is 0 Å². The van der Waals surface area contributed by atoms with Crippen molar-refractivity contribution in [2.75, 3.05) is 13.7 Å². The van der Waals surface area contributed by atoms with Crippen LogP contribution in [0.4, 0.5) is 0 Å². The van der Waals surface area contributed by atoms with Crippen molar-refractivity contribution >= 4 is 34.2 Å². The third-order valence-electron chi connectivity index (χ3n) is 2.57. The van der Waals surface area contributed by atoms with Gasteiger partial charge in [0, 0.05) is 6.54 Å². The summed E-state index contributed by atoms with van der Waals surface area (Å²) in [6.45, 7) is 0.607. The van der Waals surface area contributed by atoms with Crippen LogP contribution in [-0.4, -0.2) is 28.8 Å². The monoisotopic (exact) mass is 279 g/mol. The van der Waals surface area contributed by atoms with Gasteiger partial charge in [-0.15, -0.1) is 0 Å². The largest absolute Gasteiger partial charge is 0.503 e. The molecule has 0 spiro atoms. The van der Waals surface area contributed by atoms with E-state index in [-0.39, 0.29) is 5.91 Å². The molecule has 0 N–H and O–H groups in total. The first-order valence-corrected chi connectivity index (χ1v) is 6.75. The summed E-state index contributed by atoms with van der Waals surface area (Å²) in [5.41, 5.74) is 1.20. The van der Waals surface area contributed by atoms with Crippen LogP contribution in [-0.2, 0) is 16.0 Å². The lowest BCUT2D eigenvalue weighted by Crippen LogP contribution is -2.30. The lowest BCUT2D eigenvalue weighted by Gasteiger charge is -2.14. The predicted molar refractivity (Wildman–Crippen MR) is 77.1 cm³/mol. The van der Waals surface area contributed by atoms with Crippen molar-refractivity contribution < 1.29 is 9.53 Å². The molecule has 3 nitrogen and oxygen atoms in total. The summed E-state index contributed by atoms with van der Waals surface area (Å²) in [6, 6.07) is 10.0. The van der Waals surface area contributed by atoms with Crippen molar-refractivity contribution in [1.82, 2.24) is 4.90 Å². The van der Waals surface area contributed by atoms with Gasteiger partial charge in [-0.05, 0) is 12.0 Å². The summed E-state index contributed by atoms with van der Waals surface area (Å²) in [6.07, 6.45) is 2.25. The molecule has 0 saturated carbocycles. The van der Waals surface area contributed by atoms with Crippen LogP contribution in [0.2, 0.25) is 0 Å². The second-order valence-electron chi connectivity index (χ2n) is 3.78. The number of hydrogen-bond acceptors (Lipinski definition) is 4. The van der Waals surface area contributed by atoms with Gasteiger partial charge in [-0.3, -0.25) is 9.69 Å². The van der Waals surface area contributed by atoms with Crippen molar-refractivity contribution in [1.29, 1.82) is 0 Å². The standard InChI is InChI=1S/C13H13NO2S2/c1-16-9-11-12(15)14(13(17)18-11)8-7-10-5-3-2-4-6-10/h2-6,9H,7-8H2,1H3/b11-9+. The van der Waals surface area contributed by atoms with Crippen LogP contribution in [0.5, 0.6) is 0 Å². The normalized spacial score (nSPS) is 17.6. The number of hydrogen-bond donors (Lipinski definition) is 0. The fourth-order valence-corrected chi connectivity index (χ4v) is 2.93. The summed E-state index contributed by atoms with van der Waals surface area (Å²) in [7, 11) is 1.52. The maximum absolute atomic E-state index is 12.0. The molecule has 1 saturated heterocycles. The van der Waals surface area contributed by atoms with Gasteiger partial charge >= 0.3 is 0 Å². The lowest BCUT2D eigenvalue weighted by atomic mass is 10.1. The Morgan fingerprint density at radius 2 is 2.11 bits per heavy atom. The second-order valence-corrected chi connectivity index (χ2v) is 5.45. The number of ether oxygens (including phenoxy) is 1. The molecule has 5 heteroatoms. The van der Waals surface area contributed by atoms with E-state index in [1.54, 1.807) is 4.90 Å². The molecular formula is C13H13NO2S2. The number of thioether (sulfide) groups is 1. The van der Waals surface area contributed by atoms with Crippen LogP contribution in [0.3, 0.4) is 0 Å². The maximum Gasteiger partial charge on any atom is 0.269 e. The SMILES string of the molecule is CO/C=C1/SC(=S)N(CCc2ccccc2)C1=O. The fraction of sp³-hybridized carbons (Fsp3) is 0.231. The Hall–Kier alpha value is -1.33. The van der Waals surface area contributed by atoms with Crippen LogP contribution in [0.1, 0.15) is 5.56 Å². The zero-order valence-electron chi connectivity index (χ0n) is 9.96. The van der Waals surface area contributed by atoms with E-state index in [0.29, 0.717) is 15.8 Å². The first-order valence-electron chi connectivity index (χ1n) is 5.53. The van der Waals surface area contributed by atoms with Crippen LogP contribution in [0.25, 0.3) is 0 Å². The van der Waals surface area contributed by atoms with E-state index in [1.165, 1.54) is 30.7 Å². The number of carbonyl (C=O) groups is 1. The highest BCUT2D eigenvalue weighted by atomic mass is 32.2. The molecular weight excluding hydrogens is 266 g/mol. The van der Waals surface area contributed by atoms with Crippen molar-refractivity contribution in [2.45, 2.75) is 6.42 Å². The Balaban J connectivity index is 2.00. The van der Waals surface area contributed by atoms with E-state index in [4.69, 9.17) is 17.0 Å². The van der Waals surface area contributed by atoms with Gasteiger partial charge < -0.3 is 4.74 Å². The number of thiocarbonyl (C=S) groups is 1. The summed E-state index contributed by atoms with van der Waals surface area (Å²) in [4.78, 5) is 14.2. The third-order valence-corrected chi connectivity index (χ3v) is 3.92. The average Bonchev–Trinajstić information content (AvgIpc) is 2.64. The Kier molecular flexibility index (Phi) is 4.38. The van der Waals surface area contributed by atoms with Crippen LogP contribution >= 0.6 is 24.0 Å². The number of rotatable bonds is 4. The van der Waals surface area contributed by atoms with E-state index < -0.39 is 0 Å². The van der Waals surface area contributed by atoms with Gasteiger partial charge in [-0.1, -0.05) is 54.3 Å². The summed E-state index contributed by atoms with van der Waals surface area (Å²) in [5.74, 6) is -0.0669. The smallest absolute Gasteiger partial charge is 0.269 e. The molecule has 1 fully saturated rings. The van der Waals surface area contributed by atoms with Crippen LogP contribution in [0, 0.1) is 0 Å². The molecule has 94 valence electrons. The minimum Gasteiger partial charge on any atom is -0.503 e. The van der Waals surface area contributed by atoms with Gasteiger partial charge in [-0.25, -0.2) is 0 Å². The van der Waals surface area contributed by atoms with Crippen LogP contribution < -0.4 is 0 Å². The first-order chi connectivity index (χ1) is 8.72. The molecule has 1 aromatic carbocycles. The Labute approximate surface area is 116 Å². The molecule has 0 bridgehead atoms. The number of nitrogens with zero attached hydrogens (tertiary/aromatic N) is 1. The first kappa shape index (κ1) is 13.1. The maximum atomic E-state index is 12.0. The second kappa shape index (κ2) is 6.02. The Morgan fingerprint density at radius 1 is 1.39 bits per heavy atom. The quantitative estimate of drug-likeness (QED) is 0.481. The molecule has 1 aromatic rings. The molecule has 2 rings (SSSR count). The van der Waals surface area contributed by atoms with Gasteiger partial charge in [-0.2, -0.15) is 0 Å². The minimum absolute atomic E-state index is 0.0669. The summed E-state index contributed by atoms with van der Waals surface area (Å²) < 4.78 is 5.46. The highest BCUT2D eigenvalue weighted by molar-refractivity contribution is 8.26. The van der Waals surface area contributed by atoms with Crippen molar-refractivity contribution in [3.8, 4) is 0 Å². The van der Waals surface area contributed by atoms with Gasteiger partial charge in [0.05, 0.1) is 7.11 Å². The Bertz CT molecular complexity index is 485. The van der Waals surface area contributed by atoms with Crippen molar-refractivity contribution in [3.63, 3.8) is 0 Å². The topological polar surface area (TPSA) is 29.5 Å². The molecule has 1 aliphatic rings. The molecule has 0 radical (unpaired) electrons. The highest BCUT2D eigenvalue weighted by Crippen LogP contribution is 2.30. The van der Waals surface area contributed by atoms with E-state index in [2.05, 4.69) is 0 Å². The summed E-state index contributed by atoms with van der Waals surface area (Å²) >= 11 is 6.48. The van der Waals surface area contributed by atoms with Crippen LogP contribution in [0.15, 0.2) is 41.5 Å². The fourth-order valence-electron chi connectivity index (χ4n) is 1.67. The van der Waals surface area contributed by atoms with E-state index in [0.717, 1.165) is 6.42 Å². The molecule has 1 amide bonds. The summed E-state index contributed by atoms with van der Waals surface area (Å²) in [5, 5.41) is 0. The number of benzene rings is 1. The number of methoxy groups -OCH3 is 1. The number of amides is 1. The third kappa shape index (κ3) is 2.91. The highest BCUT2D eigenvalue weighted by Gasteiger charge is 2.31. The van der Waals surface area contributed by atoms with Gasteiger partial charge in [0.15, 0.2) is 0 Å². The molecule has 1 heterocycles. The molecule has 0 aliphatic carbocycles. The lowest BCUT2D eigenvalue weighted by molar-refractivity contribution is -0.122. The predicted octanol–water partition coefficient (Wildman–Crippen LogP) is 2.58. The van der Waals surface area contributed by atoms with Gasteiger partial charge in [0.1, 0.15) is 15.5 Å². The van der Waals surface area contributed by atoms with Gasteiger partial charge in [0.25, 0.3) is 5.91 Å². The molecule has 0 atom stereocenters.